The summed E-state index contributed by atoms with van der Waals surface area (Å²) in [6.45, 7) is 2.49. The summed E-state index contributed by atoms with van der Waals surface area (Å²) in [5, 5.41) is 4.23. The van der Waals surface area contributed by atoms with E-state index in [1.807, 2.05) is 35.2 Å². The lowest BCUT2D eigenvalue weighted by atomic mass is 10.1. The Bertz CT molecular complexity index is 925. The van der Waals surface area contributed by atoms with Crippen molar-refractivity contribution in [3.8, 4) is 5.75 Å². The van der Waals surface area contributed by atoms with E-state index in [1.165, 1.54) is 5.56 Å². The third-order valence-electron chi connectivity index (χ3n) is 5.16. The van der Waals surface area contributed by atoms with Crippen LogP contribution in [0.25, 0.3) is 0 Å². The van der Waals surface area contributed by atoms with Gasteiger partial charge >= 0.3 is 0 Å². The molecule has 3 aromatic rings. The molecule has 1 fully saturated rings. The molecule has 0 bridgehead atoms. The third-order valence-corrected chi connectivity index (χ3v) is 5.89. The summed E-state index contributed by atoms with van der Waals surface area (Å²) in [5.74, 6) is 0.802. The molecule has 156 valence electrons. The monoisotopic (exact) mass is 422 g/mol. The number of amides is 1. The van der Waals surface area contributed by atoms with Crippen molar-refractivity contribution in [1.29, 1.82) is 0 Å². The maximum absolute atomic E-state index is 13.1. The number of carbonyl (C=O) groups is 1. The fourth-order valence-electron chi connectivity index (χ4n) is 3.60. The van der Waals surface area contributed by atoms with Gasteiger partial charge in [0.05, 0.1) is 18.3 Å². The molecule has 5 nitrogen and oxygen atoms in total. The highest BCUT2D eigenvalue weighted by Gasteiger charge is 2.24. The van der Waals surface area contributed by atoms with Gasteiger partial charge in [-0.1, -0.05) is 12.1 Å². The van der Waals surface area contributed by atoms with Crippen LogP contribution in [0, 0.1) is 0 Å². The summed E-state index contributed by atoms with van der Waals surface area (Å²) >= 11 is 1.70. The molecule has 4 rings (SSSR count). The molecule has 1 aromatic carbocycles. The van der Waals surface area contributed by atoms with Gasteiger partial charge in [0.2, 0.25) is 0 Å². The van der Waals surface area contributed by atoms with Gasteiger partial charge in [0.25, 0.3) is 5.91 Å². The van der Waals surface area contributed by atoms with E-state index in [2.05, 4.69) is 21.8 Å². The minimum absolute atomic E-state index is 0.0256. The van der Waals surface area contributed by atoms with Gasteiger partial charge in [-0.3, -0.25) is 9.78 Å². The number of hydrogen-bond donors (Lipinski definition) is 0. The smallest absolute Gasteiger partial charge is 0.255 e. The Morgan fingerprint density at radius 3 is 2.97 bits per heavy atom. The van der Waals surface area contributed by atoms with E-state index < -0.39 is 0 Å². The molecule has 1 aliphatic heterocycles. The number of rotatable bonds is 9. The summed E-state index contributed by atoms with van der Waals surface area (Å²) in [6.07, 6.45) is 6.32. The molecule has 6 heteroatoms. The molecule has 1 amide bonds. The molecule has 30 heavy (non-hydrogen) atoms. The van der Waals surface area contributed by atoms with Crippen molar-refractivity contribution in [2.24, 2.45) is 0 Å². The van der Waals surface area contributed by atoms with E-state index in [4.69, 9.17) is 9.47 Å². The lowest BCUT2D eigenvalue weighted by Crippen LogP contribution is -2.37. The van der Waals surface area contributed by atoms with Gasteiger partial charge in [-0.25, -0.2) is 0 Å². The molecule has 0 unspecified atom stereocenters. The van der Waals surface area contributed by atoms with Crippen molar-refractivity contribution in [2.75, 3.05) is 19.8 Å². The van der Waals surface area contributed by atoms with Gasteiger partial charge in [-0.05, 0) is 65.1 Å². The molecule has 3 heterocycles. The zero-order valence-corrected chi connectivity index (χ0v) is 17.7. The molecule has 0 saturated carbocycles. The second-order valence-corrected chi connectivity index (χ2v) is 8.22. The Hall–Kier alpha value is -2.70. The Balaban J connectivity index is 1.42. The van der Waals surface area contributed by atoms with Crippen molar-refractivity contribution in [3.05, 3.63) is 82.3 Å². The number of benzene rings is 1. The van der Waals surface area contributed by atoms with Crippen molar-refractivity contribution < 1.29 is 14.3 Å². The predicted octanol–water partition coefficient (Wildman–Crippen LogP) is 4.59. The van der Waals surface area contributed by atoms with Crippen molar-refractivity contribution >= 4 is 17.2 Å². The fraction of sp³-hybridized carbons (Fsp3) is 0.333. The lowest BCUT2D eigenvalue weighted by molar-refractivity contribution is 0.0507. The summed E-state index contributed by atoms with van der Waals surface area (Å²) in [7, 11) is 0. The molecule has 0 spiro atoms. The van der Waals surface area contributed by atoms with E-state index in [0.717, 1.165) is 37.2 Å². The van der Waals surface area contributed by atoms with Crippen molar-refractivity contribution in [3.63, 3.8) is 0 Å². The Labute approximate surface area is 181 Å². The number of pyridine rings is 1. The van der Waals surface area contributed by atoms with Gasteiger partial charge in [-0.2, -0.15) is 11.3 Å². The minimum atomic E-state index is -0.0256. The Morgan fingerprint density at radius 1 is 1.23 bits per heavy atom. The molecule has 0 radical (unpaired) electrons. The van der Waals surface area contributed by atoms with Crippen LogP contribution in [0.3, 0.4) is 0 Å². The van der Waals surface area contributed by atoms with Crippen LogP contribution in [-0.4, -0.2) is 41.7 Å². The van der Waals surface area contributed by atoms with Gasteiger partial charge in [0.1, 0.15) is 5.75 Å². The normalized spacial score (nSPS) is 15.8. The van der Waals surface area contributed by atoms with Crippen LogP contribution < -0.4 is 4.74 Å². The van der Waals surface area contributed by atoms with Crippen LogP contribution in [0.5, 0.6) is 5.75 Å². The second kappa shape index (κ2) is 10.4. The SMILES string of the molecule is O=C(c1cccnc1)N(Cc1cccc(OCCc2ccsc2)c1)C[C@@H]1CCCO1. The molecule has 1 aliphatic rings. The van der Waals surface area contributed by atoms with Crippen LogP contribution in [0.1, 0.15) is 34.3 Å². The van der Waals surface area contributed by atoms with Crippen LogP contribution >= 0.6 is 11.3 Å². The molecule has 2 aromatic heterocycles. The first-order valence-electron chi connectivity index (χ1n) is 10.3. The van der Waals surface area contributed by atoms with E-state index in [9.17, 15) is 4.79 Å². The zero-order valence-electron chi connectivity index (χ0n) is 16.9. The molecule has 1 atom stereocenters. The molecule has 1 saturated heterocycles. The highest BCUT2D eigenvalue weighted by molar-refractivity contribution is 7.07. The first-order valence-corrected chi connectivity index (χ1v) is 11.3. The summed E-state index contributed by atoms with van der Waals surface area (Å²) < 4.78 is 11.7. The molecular weight excluding hydrogens is 396 g/mol. The molecule has 0 N–H and O–H groups in total. The first kappa shape index (κ1) is 20.6. The summed E-state index contributed by atoms with van der Waals surface area (Å²) in [6, 6.07) is 13.7. The van der Waals surface area contributed by atoms with E-state index in [1.54, 1.807) is 29.8 Å². The number of carbonyl (C=O) groups excluding carboxylic acids is 1. The highest BCUT2D eigenvalue weighted by atomic mass is 32.1. The number of nitrogens with zero attached hydrogens (tertiary/aromatic N) is 2. The van der Waals surface area contributed by atoms with Crippen molar-refractivity contribution in [2.45, 2.75) is 31.9 Å². The number of aromatic nitrogens is 1. The number of ether oxygens (including phenoxy) is 2. The molecule has 0 aliphatic carbocycles. The molecular formula is C24H26N2O3S. The Morgan fingerprint density at radius 2 is 2.20 bits per heavy atom. The van der Waals surface area contributed by atoms with E-state index in [-0.39, 0.29) is 12.0 Å². The maximum Gasteiger partial charge on any atom is 0.255 e. The third kappa shape index (κ3) is 5.68. The Kier molecular flexibility index (Phi) is 7.11. The summed E-state index contributed by atoms with van der Waals surface area (Å²) in [5.41, 5.74) is 2.93. The van der Waals surface area contributed by atoms with E-state index in [0.29, 0.717) is 25.3 Å². The van der Waals surface area contributed by atoms with Gasteiger partial charge in [-0.15, -0.1) is 0 Å². The second-order valence-electron chi connectivity index (χ2n) is 7.44. The fourth-order valence-corrected chi connectivity index (χ4v) is 4.30. The topological polar surface area (TPSA) is 51.7 Å². The van der Waals surface area contributed by atoms with Crippen LogP contribution in [0.4, 0.5) is 0 Å². The average molecular weight is 423 g/mol. The maximum atomic E-state index is 13.1. The van der Waals surface area contributed by atoms with E-state index >= 15 is 0 Å². The van der Waals surface area contributed by atoms with Gasteiger partial charge < -0.3 is 14.4 Å². The quantitative estimate of drug-likeness (QED) is 0.506. The minimum Gasteiger partial charge on any atom is -0.493 e. The summed E-state index contributed by atoms with van der Waals surface area (Å²) in [4.78, 5) is 19.1. The zero-order chi connectivity index (χ0) is 20.6. The van der Waals surface area contributed by atoms with Crippen molar-refractivity contribution in [1.82, 2.24) is 9.88 Å². The highest BCUT2D eigenvalue weighted by Crippen LogP contribution is 2.20. The van der Waals surface area contributed by atoms with Crippen LogP contribution in [0.15, 0.2) is 65.6 Å². The number of thiophene rings is 1. The number of hydrogen-bond acceptors (Lipinski definition) is 5. The lowest BCUT2D eigenvalue weighted by Gasteiger charge is -2.26. The van der Waals surface area contributed by atoms with Crippen LogP contribution in [0.2, 0.25) is 0 Å². The largest absolute Gasteiger partial charge is 0.493 e. The standard InChI is InChI=1S/C24H26N2O3S/c27-24(21-5-2-10-25-15-21)26(17-23-7-3-11-28-23)16-20-4-1-6-22(14-20)29-12-8-19-9-13-30-18-19/h1-2,4-6,9-10,13-15,18,23H,3,7-8,11-12,16-17H2/t23-/m0/s1. The average Bonchev–Trinajstić information content (AvgIpc) is 3.48. The van der Waals surface area contributed by atoms with Crippen LogP contribution in [-0.2, 0) is 17.7 Å². The first-order chi connectivity index (χ1) is 14.8. The van der Waals surface area contributed by atoms with Gasteiger partial charge in [0, 0.05) is 38.5 Å². The predicted molar refractivity (Wildman–Crippen MR) is 118 cm³/mol. The van der Waals surface area contributed by atoms with Gasteiger partial charge in [0.15, 0.2) is 0 Å².